The van der Waals surface area contributed by atoms with Crippen molar-refractivity contribution < 1.29 is 9.53 Å². The number of carbonyl (C=O) groups excluding carboxylic acids is 1. The molecule has 0 spiro atoms. The van der Waals surface area contributed by atoms with Crippen LogP contribution >= 0.6 is 51.1 Å². The summed E-state index contributed by atoms with van der Waals surface area (Å²) in [5.41, 5.74) is 1.10. The van der Waals surface area contributed by atoms with Gasteiger partial charge in [0.1, 0.15) is 15.8 Å². The Hall–Kier alpha value is -0.690. The lowest BCUT2D eigenvalue weighted by Crippen LogP contribution is -1.92. The Balaban J connectivity index is 2.37. The molecule has 0 aromatic heterocycles. The van der Waals surface area contributed by atoms with Crippen molar-refractivity contribution in [2.75, 3.05) is 12.9 Å². The highest BCUT2D eigenvalue weighted by atomic mass is 79.9. The van der Waals surface area contributed by atoms with Crippen LogP contribution in [0.1, 0.15) is 5.56 Å². The van der Waals surface area contributed by atoms with Crippen molar-refractivity contribution in [1.29, 1.82) is 0 Å². The van der Waals surface area contributed by atoms with Gasteiger partial charge in [0, 0.05) is 16.3 Å². The minimum atomic E-state index is -0.0836. The third kappa shape index (κ3) is 4.16. The average Bonchev–Trinajstić information content (AvgIpc) is 2.76. The molecule has 110 valence electrons. The summed E-state index contributed by atoms with van der Waals surface area (Å²) in [5.74, 6) is 1.34. The molecule has 0 saturated carbocycles. The van der Waals surface area contributed by atoms with Crippen molar-refractivity contribution in [3.05, 3.63) is 45.5 Å². The third-order valence-electron chi connectivity index (χ3n) is 2.46. The summed E-state index contributed by atoms with van der Waals surface area (Å²) in [6.07, 6.45) is 3.46. The molecule has 0 fully saturated rings. The van der Waals surface area contributed by atoms with E-state index in [1.165, 1.54) is 11.8 Å². The first-order valence-corrected chi connectivity index (χ1v) is 8.81. The molecule has 3 nitrogen and oxygen atoms in total. The fraction of sp³-hybridized carbons (Fsp3) is 0.143. The fourth-order valence-corrected chi connectivity index (χ4v) is 4.23. The Bertz CT molecular complexity index is 659. The summed E-state index contributed by atoms with van der Waals surface area (Å²) >= 11 is 12.0. The van der Waals surface area contributed by atoms with Gasteiger partial charge in [0.05, 0.1) is 11.6 Å². The van der Waals surface area contributed by atoms with Crippen LogP contribution in [0.15, 0.2) is 39.9 Å². The molecule has 0 bridgehead atoms. The van der Waals surface area contributed by atoms with E-state index in [0.717, 1.165) is 26.4 Å². The van der Waals surface area contributed by atoms with Crippen molar-refractivity contribution in [1.82, 2.24) is 0 Å². The van der Waals surface area contributed by atoms with Crippen LogP contribution in [0.2, 0.25) is 5.02 Å². The molecule has 0 N–H and O–H groups in total. The van der Waals surface area contributed by atoms with Gasteiger partial charge in [-0.15, -0.1) is 6.58 Å². The van der Waals surface area contributed by atoms with Gasteiger partial charge < -0.3 is 4.74 Å². The van der Waals surface area contributed by atoms with Crippen LogP contribution in [0.25, 0.3) is 6.08 Å². The van der Waals surface area contributed by atoms with Crippen molar-refractivity contribution in [3.63, 3.8) is 0 Å². The molecule has 1 heterocycles. The van der Waals surface area contributed by atoms with Gasteiger partial charge in [-0.1, -0.05) is 29.4 Å². The molecule has 0 unspecified atom stereocenters. The maximum Gasteiger partial charge on any atom is 0.244 e. The molecule has 0 saturated heterocycles. The van der Waals surface area contributed by atoms with E-state index in [9.17, 15) is 4.79 Å². The molecule has 0 radical (unpaired) electrons. The van der Waals surface area contributed by atoms with Gasteiger partial charge in [0.15, 0.2) is 0 Å². The first-order chi connectivity index (χ1) is 10.0. The molecule has 0 amide bonds. The number of nitrogens with zero attached hydrogens (tertiary/aromatic N) is 1. The molecule has 2 rings (SSSR count). The number of aliphatic imine (C=N–C) groups is 1. The van der Waals surface area contributed by atoms with E-state index >= 15 is 0 Å². The summed E-state index contributed by atoms with van der Waals surface area (Å²) in [4.78, 5) is 16.3. The fourth-order valence-electron chi connectivity index (χ4n) is 1.63. The topological polar surface area (TPSA) is 38.7 Å². The Morgan fingerprint density at radius 1 is 1.57 bits per heavy atom. The number of rotatable bonds is 4. The molecule has 0 atom stereocenters. The Morgan fingerprint density at radius 3 is 3.00 bits per heavy atom. The molecular weight excluding hydrogens is 394 g/mol. The van der Waals surface area contributed by atoms with Crippen molar-refractivity contribution in [2.24, 2.45) is 4.99 Å². The lowest BCUT2D eigenvalue weighted by atomic mass is 10.1. The number of methoxy groups -OCH3 is 1. The van der Waals surface area contributed by atoms with Gasteiger partial charge in [-0.05, 0) is 45.9 Å². The van der Waals surface area contributed by atoms with E-state index in [1.807, 2.05) is 0 Å². The molecule has 1 aromatic carbocycles. The minimum Gasteiger partial charge on any atom is -0.495 e. The Labute approximate surface area is 145 Å². The zero-order chi connectivity index (χ0) is 15.4. The second kappa shape index (κ2) is 7.54. The van der Waals surface area contributed by atoms with Crippen LogP contribution in [0.4, 0.5) is 0 Å². The predicted octanol–water partition coefficient (Wildman–Crippen LogP) is 5.00. The second-order valence-corrected chi connectivity index (χ2v) is 7.43. The zero-order valence-electron chi connectivity index (χ0n) is 11.1. The first-order valence-electron chi connectivity index (χ1n) is 5.84. The summed E-state index contributed by atoms with van der Waals surface area (Å²) in [5, 5.41) is 0.470. The molecule has 1 aromatic rings. The van der Waals surface area contributed by atoms with Gasteiger partial charge in [-0.2, -0.15) is 0 Å². The molecule has 0 aliphatic carbocycles. The van der Waals surface area contributed by atoms with Gasteiger partial charge in [0.25, 0.3) is 0 Å². The Kier molecular flexibility index (Phi) is 5.98. The lowest BCUT2D eigenvalue weighted by molar-refractivity contribution is -0.107. The number of thioether (sulfide) groups is 2. The normalized spacial score (nSPS) is 16.2. The van der Waals surface area contributed by atoms with Gasteiger partial charge >= 0.3 is 0 Å². The smallest absolute Gasteiger partial charge is 0.244 e. The standard InChI is InChI=1S/C14H11BrClNO2S2/c1-3-4-20-14-17-11(13(18)21-14)6-8-5-9(16)7-10(15)12(8)19-2/h3,5-7H,1,4H2,2H3. The van der Waals surface area contributed by atoms with E-state index in [4.69, 9.17) is 16.3 Å². The maximum absolute atomic E-state index is 12.0. The van der Waals surface area contributed by atoms with Crippen molar-refractivity contribution in [2.45, 2.75) is 0 Å². The Morgan fingerprint density at radius 2 is 2.33 bits per heavy atom. The van der Waals surface area contributed by atoms with E-state index in [-0.39, 0.29) is 5.12 Å². The highest BCUT2D eigenvalue weighted by Crippen LogP contribution is 2.36. The largest absolute Gasteiger partial charge is 0.495 e. The number of hydrogen-bond acceptors (Lipinski definition) is 5. The van der Waals surface area contributed by atoms with Crippen molar-refractivity contribution >= 4 is 66.6 Å². The third-order valence-corrected chi connectivity index (χ3v) is 5.27. The highest BCUT2D eigenvalue weighted by Gasteiger charge is 2.23. The van der Waals surface area contributed by atoms with Crippen LogP contribution in [0, 0.1) is 0 Å². The molecule has 21 heavy (non-hydrogen) atoms. The summed E-state index contributed by atoms with van der Waals surface area (Å²) in [6, 6.07) is 3.47. The van der Waals surface area contributed by atoms with Gasteiger partial charge in [-0.25, -0.2) is 4.99 Å². The molecule has 7 heteroatoms. The first kappa shape index (κ1) is 16.7. The quantitative estimate of drug-likeness (QED) is 0.523. The number of carbonyl (C=O) groups is 1. The van der Waals surface area contributed by atoms with E-state index < -0.39 is 0 Å². The number of ether oxygens (including phenoxy) is 1. The zero-order valence-corrected chi connectivity index (χ0v) is 15.0. The van der Waals surface area contributed by atoms with Crippen LogP contribution < -0.4 is 4.74 Å². The summed E-state index contributed by atoms with van der Waals surface area (Å²) in [6.45, 7) is 3.65. The monoisotopic (exact) mass is 403 g/mol. The number of hydrogen-bond donors (Lipinski definition) is 0. The van der Waals surface area contributed by atoms with E-state index in [0.29, 0.717) is 22.0 Å². The van der Waals surface area contributed by atoms with Crippen LogP contribution in [0.3, 0.4) is 0 Å². The highest BCUT2D eigenvalue weighted by molar-refractivity contribution is 9.10. The van der Waals surface area contributed by atoms with E-state index in [1.54, 1.807) is 31.4 Å². The van der Waals surface area contributed by atoms with Gasteiger partial charge in [-0.3, -0.25) is 4.79 Å². The molecule has 1 aliphatic heterocycles. The van der Waals surface area contributed by atoms with E-state index in [2.05, 4.69) is 27.5 Å². The number of benzene rings is 1. The maximum atomic E-state index is 12.0. The minimum absolute atomic E-state index is 0.0836. The average molecular weight is 405 g/mol. The molecular formula is C14H11BrClNO2S2. The SMILES string of the molecule is C=CCSC1=NC(=Cc2cc(Cl)cc(Br)c2OC)C(=O)S1. The van der Waals surface area contributed by atoms with Crippen LogP contribution in [0.5, 0.6) is 5.75 Å². The van der Waals surface area contributed by atoms with Crippen molar-refractivity contribution in [3.8, 4) is 5.75 Å². The second-order valence-electron chi connectivity index (χ2n) is 3.91. The van der Waals surface area contributed by atoms with Gasteiger partial charge in [0.2, 0.25) is 5.12 Å². The lowest BCUT2D eigenvalue weighted by Gasteiger charge is -2.08. The summed E-state index contributed by atoms with van der Waals surface area (Å²) in [7, 11) is 1.57. The number of halogens is 2. The van der Waals surface area contributed by atoms with Crippen LogP contribution in [-0.4, -0.2) is 22.4 Å². The molecule has 1 aliphatic rings. The predicted molar refractivity (Wildman–Crippen MR) is 96.4 cm³/mol. The summed E-state index contributed by atoms with van der Waals surface area (Å²) < 4.78 is 6.79. The van der Waals surface area contributed by atoms with Crippen LogP contribution in [-0.2, 0) is 4.79 Å².